The lowest BCUT2D eigenvalue weighted by Crippen LogP contribution is -2.33. The lowest BCUT2D eigenvalue weighted by atomic mass is 9.99. The van der Waals surface area contributed by atoms with Crippen molar-refractivity contribution in [1.82, 2.24) is 14.3 Å². The van der Waals surface area contributed by atoms with E-state index in [1.165, 1.54) is 11.8 Å². The fourth-order valence-electron chi connectivity index (χ4n) is 4.51. The molecule has 2 fully saturated rings. The number of anilines is 1. The van der Waals surface area contributed by atoms with Gasteiger partial charge >= 0.3 is 0 Å². The number of thiocarbonyl (C=S) groups is 1. The zero-order valence-electron chi connectivity index (χ0n) is 19.7. The second-order valence-corrected chi connectivity index (χ2v) is 10.7. The molecule has 4 rings (SSSR count). The van der Waals surface area contributed by atoms with E-state index in [1.807, 2.05) is 19.1 Å². The monoisotopic (exact) mass is 484 g/mol. The Balaban J connectivity index is 1.72. The van der Waals surface area contributed by atoms with Crippen LogP contribution in [-0.2, 0) is 4.79 Å². The molecule has 1 atom stereocenters. The fourth-order valence-corrected chi connectivity index (χ4v) is 5.76. The molecule has 0 aliphatic carbocycles. The summed E-state index contributed by atoms with van der Waals surface area (Å²) in [6, 6.07) is 3.84. The van der Waals surface area contributed by atoms with Gasteiger partial charge < -0.3 is 4.90 Å². The van der Waals surface area contributed by atoms with Gasteiger partial charge in [0.1, 0.15) is 15.8 Å². The SMILES string of the molecule is CCCCC(CC)CN1C(=O)C(=Cc2c(N3CCCC3)nc3ccc(C)cn3c2=O)SC1=S. The Morgan fingerprint density at radius 3 is 2.67 bits per heavy atom. The van der Waals surface area contributed by atoms with Crippen LogP contribution in [0.5, 0.6) is 0 Å². The van der Waals surface area contributed by atoms with E-state index in [2.05, 4.69) is 18.7 Å². The number of fused-ring (bicyclic) bond motifs is 1. The van der Waals surface area contributed by atoms with Gasteiger partial charge in [-0.25, -0.2) is 4.98 Å². The fraction of sp³-hybridized carbons (Fsp3) is 0.520. The first-order valence-corrected chi connectivity index (χ1v) is 13.2. The van der Waals surface area contributed by atoms with Crippen LogP contribution in [-0.4, -0.2) is 44.1 Å². The summed E-state index contributed by atoms with van der Waals surface area (Å²) in [5.74, 6) is 1.00. The van der Waals surface area contributed by atoms with Crippen molar-refractivity contribution in [1.29, 1.82) is 0 Å². The molecule has 1 amide bonds. The van der Waals surface area contributed by atoms with E-state index in [4.69, 9.17) is 17.2 Å². The molecule has 4 heterocycles. The van der Waals surface area contributed by atoms with Gasteiger partial charge in [0.05, 0.1) is 10.5 Å². The van der Waals surface area contributed by atoms with E-state index in [9.17, 15) is 9.59 Å². The zero-order valence-corrected chi connectivity index (χ0v) is 21.3. The molecule has 176 valence electrons. The van der Waals surface area contributed by atoms with Gasteiger partial charge in [-0.3, -0.25) is 18.9 Å². The zero-order chi connectivity index (χ0) is 23.5. The number of hydrogen-bond acceptors (Lipinski definition) is 6. The van der Waals surface area contributed by atoms with Gasteiger partial charge in [0.2, 0.25) is 0 Å². The number of aromatic nitrogens is 2. The summed E-state index contributed by atoms with van der Waals surface area (Å²) in [5, 5.41) is 0. The average Bonchev–Trinajstić information content (AvgIpc) is 3.43. The van der Waals surface area contributed by atoms with Crippen molar-refractivity contribution in [2.45, 2.75) is 59.3 Å². The highest BCUT2D eigenvalue weighted by Gasteiger charge is 2.34. The van der Waals surface area contributed by atoms with E-state index in [0.29, 0.717) is 38.7 Å². The number of pyridine rings is 1. The summed E-state index contributed by atoms with van der Waals surface area (Å²) in [4.78, 5) is 36.1. The van der Waals surface area contributed by atoms with Gasteiger partial charge in [-0.05, 0) is 49.8 Å². The maximum atomic E-state index is 13.5. The van der Waals surface area contributed by atoms with Crippen LogP contribution < -0.4 is 10.5 Å². The summed E-state index contributed by atoms with van der Waals surface area (Å²) in [6.07, 6.45) is 10.1. The number of unbranched alkanes of at least 4 members (excludes halogenated alkanes) is 1. The van der Waals surface area contributed by atoms with Crippen molar-refractivity contribution >= 4 is 51.7 Å². The second-order valence-electron chi connectivity index (χ2n) is 8.99. The van der Waals surface area contributed by atoms with Gasteiger partial charge in [0.15, 0.2) is 0 Å². The summed E-state index contributed by atoms with van der Waals surface area (Å²) >= 11 is 6.87. The molecule has 0 saturated carbocycles. The Hall–Kier alpha value is -2.19. The summed E-state index contributed by atoms with van der Waals surface area (Å²) in [7, 11) is 0. The molecule has 2 saturated heterocycles. The van der Waals surface area contributed by atoms with Crippen LogP contribution in [0, 0.1) is 12.8 Å². The summed E-state index contributed by atoms with van der Waals surface area (Å²) < 4.78 is 2.16. The Morgan fingerprint density at radius 1 is 1.21 bits per heavy atom. The molecule has 1 unspecified atom stereocenters. The highest BCUT2D eigenvalue weighted by Crippen LogP contribution is 2.35. The third-order valence-electron chi connectivity index (χ3n) is 6.52. The van der Waals surface area contributed by atoms with E-state index >= 15 is 0 Å². The Bertz CT molecular complexity index is 1150. The summed E-state index contributed by atoms with van der Waals surface area (Å²) in [6.45, 7) is 8.68. The van der Waals surface area contributed by atoms with Crippen molar-refractivity contribution in [3.63, 3.8) is 0 Å². The molecular formula is C25H32N4O2S2. The Kier molecular flexibility index (Phi) is 7.54. The number of carbonyl (C=O) groups is 1. The average molecular weight is 485 g/mol. The molecule has 0 radical (unpaired) electrons. The molecule has 2 aromatic rings. The minimum Gasteiger partial charge on any atom is -0.356 e. The molecule has 8 heteroatoms. The molecule has 0 N–H and O–H groups in total. The van der Waals surface area contributed by atoms with Crippen LogP contribution in [0.15, 0.2) is 28.0 Å². The van der Waals surface area contributed by atoms with E-state index < -0.39 is 0 Å². The van der Waals surface area contributed by atoms with Crippen molar-refractivity contribution in [2.24, 2.45) is 5.92 Å². The van der Waals surface area contributed by atoms with Crippen molar-refractivity contribution < 1.29 is 4.79 Å². The van der Waals surface area contributed by atoms with Gasteiger partial charge in [0, 0.05) is 25.8 Å². The van der Waals surface area contributed by atoms with E-state index in [0.717, 1.165) is 57.2 Å². The summed E-state index contributed by atoms with van der Waals surface area (Å²) in [5.41, 5.74) is 1.93. The predicted molar refractivity (Wildman–Crippen MR) is 141 cm³/mol. The molecular weight excluding hydrogens is 452 g/mol. The number of rotatable bonds is 8. The smallest absolute Gasteiger partial charge is 0.267 e. The topological polar surface area (TPSA) is 57.9 Å². The molecule has 2 aromatic heterocycles. The molecule has 0 spiro atoms. The van der Waals surface area contributed by atoms with Crippen LogP contribution in [0.1, 0.15) is 63.5 Å². The largest absolute Gasteiger partial charge is 0.356 e. The Morgan fingerprint density at radius 2 is 1.97 bits per heavy atom. The molecule has 33 heavy (non-hydrogen) atoms. The molecule has 2 aliphatic rings. The van der Waals surface area contributed by atoms with E-state index in [-0.39, 0.29) is 11.5 Å². The van der Waals surface area contributed by atoms with Crippen molar-refractivity contribution in [2.75, 3.05) is 24.5 Å². The van der Waals surface area contributed by atoms with Crippen LogP contribution in [0.25, 0.3) is 11.7 Å². The number of nitrogens with zero attached hydrogens (tertiary/aromatic N) is 4. The number of carbonyl (C=O) groups excluding carboxylic acids is 1. The highest BCUT2D eigenvalue weighted by molar-refractivity contribution is 8.26. The van der Waals surface area contributed by atoms with Crippen LogP contribution >= 0.6 is 24.0 Å². The first kappa shape index (κ1) is 24.0. The third kappa shape index (κ3) is 5.01. The molecule has 2 aliphatic heterocycles. The van der Waals surface area contributed by atoms with Gasteiger partial charge in [0.25, 0.3) is 11.5 Å². The molecule has 0 bridgehead atoms. The van der Waals surface area contributed by atoms with Crippen LogP contribution in [0.4, 0.5) is 5.82 Å². The van der Waals surface area contributed by atoms with Crippen molar-refractivity contribution in [3.8, 4) is 0 Å². The number of hydrogen-bond donors (Lipinski definition) is 0. The Labute approximate surface area is 205 Å². The first-order chi connectivity index (χ1) is 15.9. The van der Waals surface area contributed by atoms with Crippen LogP contribution in [0.3, 0.4) is 0 Å². The van der Waals surface area contributed by atoms with Crippen molar-refractivity contribution in [3.05, 3.63) is 44.7 Å². The molecule has 0 aromatic carbocycles. The van der Waals surface area contributed by atoms with E-state index in [1.54, 1.807) is 21.6 Å². The normalized spacial score (nSPS) is 18.8. The number of amides is 1. The quantitative estimate of drug-likeness (QED) is 0.387. The van der Waals surface area contributed by atoms with Gasteiger partial charge in [-0.15, -0.1) is 0 Å². The number of aryl methyl sites for hydroxylation is 1. The molecule has 6 nitrogen and oxygen atoms in total. The number of thioether (sulfide) groups is 1. The van der Waals surface area contributed by atoms with Crippen LogP contribution in [0.2, 0.25) is 0 Å². The van der Waals surface area contributed by atoms with Gasteiger partial charge in [-0.2, -0.15) is 0 Å². The minimum absolute atomic E-state index is 0.0962. The first-order valence-electron chi connectivity index (χ1n) is 12.0. The minimum atomic E-state index is -0.148. The maximum absolute atomic E-state index is 13.5. The predicted octanol–water partition coefficient (Wildman–Crippen LogP) is 5.02. The lowest BCUT2D eigenvalue weighted by molar-refractivity contribution is -0.122. The standard InChI is InChI=1S/C25H32N4O2S2/c1-4-6-9-18(5-2)16-29-24(31)20(33-25(29)32)14-19-22(27-12-7-8-13-27)26-21-11-10-17(3)15-28(21)23(19)30/h10-11,14-15,18H,4-9,12-13,16H2,1-3H3. The third-order valence-corrected chi connectivity index (χ3v) is 7.90. The second kappa shape index (κ2) is 10.4. The maximum Gasteiger partial charge on any atom is 0.267 e. The van der Waals surface area contributed by atoms with Gasteiger partial charge in [-0.1, -0.05) is 63.2 Å². The highest BCUT2D eigenvalue weighted by atomic mass is 32.2. The lowest BCUT2D eigenvalue weighted by Gasteiger charge is -2.22.